The van der Waals surface area contributed by atoms with Crippen LogP contribution in [0.3, 0.4) is 0 Å². The van der Waals surface area contributed by atoms with Gasteiger partial charge in [0.1, 0.15) is 0 Å². The van der Waals surface area contributed by atoms with Gasteiger partial charge < -0.3 is 10.0 Å². The molecule has 1 aliphatic rings. The third-order valence-corrected chi connectivity index (χ3v) is 5.60. The molecule has 1 fully saturated rings. The Morgan fingerprint density at radius 1 is 1.55 bits per heavy atom. The Morgan fingerprint density at radius 3 is 2.75 bits per heavy atom. The zero-order chi connectivity index (χ0) is 14.9. The first-order valence-corrected chi connectivity index (χ1v) is 8.37. The molecule has 110 valence electrons. The molecule has 2 unspecified atom stereocenters. The van der Waals surface area contributed by atoms with Gasteiger partial charge in [-0.05, 0) is 54.1 Å². The lowest BCUT2D eigenvalue weighted by molar-refractivity contribution is -0.146. The number of carbonyl (C=O) groups excluding carboxylic acids is 1. The van der Waals surface area contributed by atoms with E-state index in [1.54, 1.807) is 4.90 Å². The van der Waals surface area contributed by atoms with E-state index in [2.05, 4.69) is 15.9 Å². The monoisotopic (exact) mass is 359 g/mol. The van der Waals surface area contributed by atoms with E-state index in [4.69, 9.17) is 0 Å². The summed E-state index contributed by atoms with van der Waals surface area (Å²) in [5, 5.41) is 11.5. The van der Waals surface area contributed by atoms with Crippen LogP contribution in [0.15, 0.2) is 15.9 Å². The van der Waals surface area contributed by atoms with Gasteiger partial charge in [-0.15, -0.1) is 11.3 Å². The van der Waals surface area contributed by atoms with Gasteiger partial charge in [0, 0.05) is 21.8 Å². The van der Waals surface area contributed by atoms with Crippen LogP contribution >= 0.6 is 27.3 Å². The summed E-state index contributed by atoms with van der Waals surface area (Å²) in [6, 6.07) is 1.52. The van der Waals surface area contributed by atoms with E-state index in [1.807, 2.05) is 25.3 Å². The topological polar surface area (TPSA) is 57.6 Å². The smallest absolute Gasteiger partial charge is 0.308 e. The third kappa shape index (κ3) is 2.91. The SMILES string of the molecule is CC(C)N1C(=O)CCCC(C(=O)O)C1c1sccc1Br. The fourth-order valence-electron chi connectivity index (χ4n) is 2.80. The highest BCUT2D eigenvalue weighted by molar-refractivity contribution is 9.10. The van der Waals surface area contributed by atoms with E-state index >= 15 is 0 Å². The molecule has 0 saturated carbocycles. The number of hydrogen-bond acceptors (Lipinski definition) is 3. The first-order chi connectivity index (χ1) is 9.43. The van der Waals surface area contributed by atoms with Gasteiger partial charge in [0.2, 0.25) is 5.91 Å². The fraction of sp³-hybridized carbons (Fsp3) is 0.571. The molecule has 1 aromatic rings. The molecular formula is C14H18BrNO3S. The standard InChI is InChI=1S/C14H18BrNO3S/c1-8(2)16-11(17)5-3-4-9(14(18)19)12(16)13-10(15)6-7-20-13/h6-9,12H,3-5H2,1-2H3,(H,18,19). The summed E-state index contributed by atoms with van der Waals surface area (Å²) in [5.41, 5.74) is 0. The molecule has 20 heavy (non-hydrogen) atoms. The number of rotatable bonds is 3. The molecule has 1 aliphatic heterocycles. The number of likely N-dealkylation sites (tertiary alicyclic amines) is 1. The van der Waals surface area contributed by atoms with Crippen molar-refractivity contribution in [1.82, 2.24) is 4.90 Å². The van der Waals surface area contributed by atoms with Crippen molar-refractivity contribution in [3.63, 3.8) is 0 Å². The third-order valence-electron chi connectivity index (χ3n) is 3.66. The molecule has 1 amide bonds. The summed E-state index contributed by atoms with van der Waals surface area (Å²) in [6.45, 7) is 3.88. The van der Waals surface area contributed by atoms with Crippen molar-refractivity contribution in [1.29, 1.82) is 0 Å². The summed E-state index contributed by atoms with van der Waals surface area (Å²) in [7, 11) is 0. The van der Waals surface area contributed by atoms with Crippen molar-refractivity contribution in [2.75, 3.05) is 0 Å². The highest BCUT2D eigenvalue weighted by Gasteiger charge is 2.41. The van der Waals surface area contributed by atoms with Gasteiger partial charge >= 0.3 is 5.97 Å². The molecule has 1 aromatic heterocycles. The van der Waals surface area contributed by atoms with E-state index in [0.29, 0.717) is 19.3 Å². The average Bonchev–Trinajstić information content (AvgIpc) is 2.68. The lowest BCUT2D eigenvalue weighted by Gasteiger charge is -2.36. The Kier molecular flexibility index (Phi) is 4.86. The van der Waals surface area contributed by atoms with Crippen LogP contribution in [-0.2, 0) is 9.59 Å². The van der Waals surface area contributed by atoms with Gasteiger partial charge in [-0.2, -0.15) is 0 Å². The van der Waals surface area contributed by atoms with Crippen LogP contribution in [0.4, 0.5) is 0 Å². The Balaban J connectivity index is 2.52. The second-order valence-electron chi connectivity index (χ2n) is 5.31. The van der Waals surface area contributed by atoms with Crippen molar-refractivity contribution in [2.45, 2.75) is 45.2 Å². The predicted octanol–water partition coefficient (Wildman–Crippen LogP) is 3.67. The maximum Gasteiger partial charge on any atom is 0.308 e. The average molecular weight is 360 g/mol. The number of halogens is 1. The lowest BCUT2D eigenvalue weighted by Crippen LogP contribution is -2.42. The van der Waals surface area contributed by atoms with Gasteiger partial charge in [0.05, 0.1) is 12.0 Å². The molecule has 6 heteroatoms. The van der Waals surface area contributed by atoms with Crippen molar-refractivity contribution in [2.24, 2.45) is 5.92 Å². The highest BCUT2D eigenvalue weighted by atomic mass is 79.9. The number of carboxylic acid groups (broad SMARTS) is 1. The Labute approximate surface area is 130 Å². The summed E-state index contributed by atoms with van der Waals surface area (Å²) >= 11 is 4.99. The molecular weight excluding hydrogens is 342 g/mol. The Hall–Kier alpha value is -0.880. The number of thiophene rings is 1. The second kappa shape index (κ2) is 6.26. The van der Waals surface area contributed by atoms with E-state index < -0.39 is 11.9 Å². The van der Waals surface area contributed by atoms with Crippen LogP contribution in [0.2, 0.25) is 0 Å². The van der Waals surface area contributed by atoms with Crippen LogP contribution < -0.4 is 0 Å². The predicted molar refractivity (Wildman–Crippen MR) is 81.7 cm³/mol. The van der Waals surface area contributed by atoms with Crippen molar-refractivity contribution in [3.8, 4) is 0 Å². The summed E-state index contributed by atoms with van der Waals surface area (Å²) in [5.74, 6) is -1.32. The molecule has 0 spiro atoms. The number of nitrogens with zero attached hydrogens (tertiary/aromatic N) is 1. The maximum atomic E-state index is 12.4. The normalized spacial score (nSPS) is 24.0. The van der Waals surface area contributed by atoms with Crippen LogP contribution in [0.25, 0.3) is 0 Å². The fourth-order valence-corrected chi connectivity index (χ4v) is 4.57. The minimum atomic E-state index is -0.823. The van der Waals surface area contributed by atoms with Crippen molar-refractivity contribution >= 4 is 39.1 Å². The highest BCUT2D eigenvalue weighted by Crippen LogP contribution is 2.42. The molecule has 1 saturated heterocycles. The maximum absolute atomic E-state index is 12.4. The number of amides is 1. The molecule has 0 radical (unpaired) electrons. The first kappa shape index (κ1) is 15.5. The van der Waals surface area contributed by atoms with Gasteiger partial charge in [0.15, 0.2) is 0 Å². The molecule has 0 bridgehead atoms. The number of hydrogen-bond donors (Lipinski definition) is 1. The number of aliphatic carboxylic acids is 1. The zero-order valence-electron chi connectivity index (χ0n) is 11.5. The largest absolute Gasteiger partial charge is 0.481 e. The summed E-state index contributed by atoms with van der Waals surface area (Å²) < 4.78 is 0.888. The minimum absolute atomic E-state index is 0.0125. The summed E-state index contributed by atoms with van der Waals surface area (Å²) in [6.07, 6.45) is 1.61. The quantitative estimate of drug-likeness (QED) is 0.895. The van der Waals surface area contributed by atoms with Crippen LogP contribution in [-0.4, -0.2) is 27.9 Å². The van der Waals surface area contributed by atoms with Gasteiger partial charge in [0.25, 0.3) is 0 Å². The minimum Gasteiger partial charge on any atom is -0.481 e. The van der Waals surface area contributed by atoms with Crippen LogP contribution in [0.1, 0.15) is 44.0 Å². The van der Waals surface area contributed by atoms with E-state index in [0.717, 1.165) is 9.35 Å². The molecule has 1 N–H and O–H groups in total. The van der Waals surface area contributed by atoms with Crippen LogP contribution in [0, 0.1) is 5.92 Å². The van der Waals surface area contributed by atoms with E-state index in [-0.39, 0.29) is 18.0 Å². The van der Waals surface area contributed by atoms with Gasteiger partial charge in [-0.1, -0.05) is 0 Å². The Bertz CT molecular complexity index is 514. The van der Waals surface area contributed by atoms with Gasteiger partial charge in [-0.25, -0.2) is 0 Å². The van der Waals surface area contributed by atoms with Crippen LogP contribution in [0.5, 0.6) is 0 Å². The second-order valence-corrected chi connectivity index (χ2v) is 7.11. The number of carboxylic acids is 1. The molecule has 2 rings (SSSR count). The van der Waals surface area contributed by atoms with E-state index in [1.165, 1.54) is 11.3 Å². The molecule has 0 aromatic carbocycles. The molecule has 4 nitrogen and oxygen atoms in total. The molecule has 0 aliphatic carbocycles. The molecule has 2 atom stereocenters. The van der Waals surface area contributed by atoms with E-state index in [9.17, 15) is 14.7 Å². The molecule has 2 heterocycles. The van der Waals surface area contributed by atoms with Crippen molar-refractivity contribution in [3.05, 3.63) is 20.8 Å². The Morgan fingerprint density at radius 2 is 2.25 bits per heavy atom. The first-order valence-electron chi connectivity index (χ1n) is 6.70. The van der Waals surface area contributed by atoms with Gasteiger partial charge in [-0.3, -0.25) is 9.59 Å². The number of carbonyl (C=O) groups is 2. The summed E-state index contributed by atoms with van der Waals surface area (Å²) in [4.78, 5) is 26.7. The zero-order valence-corrected chi connectivity index (χ0v) is 13.9. The van der Waals surface area contributed by atoms with Crippen molar-refractivity contribution < 1.29 is 14.7 Å². The lowest BCUT2D eigenvalue weighted by atomic mass is 9.93.